The number of aliphatic hydroxyl groups excluding tert-OH is 1. The van der Waals surface area contributed by atoms with E-state index in [2.05, 4.69) is 16.9 Å². The number of allylic oxidation sites excluding steroid dienone is 1. The Labute approximate surface area is 66.2 Å². The highest BCUT2D eigenvalue weighted by molar-refractivity contribution is 4.92. The smallest absolute Gasteiger partial charge is 0.0786 e. The van der Waals surface area contributed by atoms with Crippen LogP contribution in [-0.4, -0.2) is 17.8 Å². The summed E-state index contributed by atoms with van der Waals surface area (Å²) in [6.45, 7) is 1.94. The van der Waals surface area contributed by atoms with E-state index in [1.165, 1.54) is 0 Å². The molecule has 0 aliphatic carbocycles. The molecule has 0 aromatic rings. The minimum atomic E-state index is -0.397. The van der Waals surface area contributed by atoms with Gasteiger partial charge in [-0.15, -0.1) is 0 Å². The molecule has 1 N–H and O–H groups in total. The fourth-order valence-electron chi connectivity index (χ4n) is 0.622. The van der Waals surface area contributed by atoms with Crippen molar-refractivity contribution in [3.63, 3.8) is 0 Å². The number of hydrogen-bond donors (Lipinski definition) is 1. The average molecular weight is 155 g/mol. The third-order valence-corrected chi connectivity index (χ3v) is 1.20. The van der Waals surface area contributed by atoms with Gasteiger partial charge >= 0.3 is 0 Å². The van der Waals surface area contributed by atoms with E-state index in [0.29, 0.717) is 0 Å². The van der Waals surface area contributed by atoms with E-state index >= 15 is 0 Å². The van der Waals surface area contributed by atoms with E-state index in [0.717, 1.165) is 12.8 Å². The van der Waals surface area contributed by atoms with Gasteiger partial charge in [0.05, 0.1) is 12.6 Å². The second-order valence-electron chi connectivity index (χ2n) is 2.17. The molecule has 0 heterocycles. The number of hydrogen-bond acceptors (Lipinski definition) is 2. The van der Waals surface area contributed by atoms with Crippen molar-refractivity contribution in [3.8, 4) is 0 Å². The van der Waals surface area contributed by atoms with Crippen LogP contribution in [-0.2, 0) is 0 Å². The van der Waals surface area contributed by atoms with Gasteiger partial charge in [0, 0.05) is 4.91 Å². The van der Waals surface area contributed by atoms with Crippen LogP contribution in [0.5, 0.6) is 0 Å². The van der Waals surface area contributed by atoms with E-state index in [1.807, 2.05) is 6.08 Å². The molecular weight excluding hydrogens is 142 g/mol. The minimum Gasteiger partial charge on any atom is -0.396 e. The maximum absolute atomic E-state index is 8.64. The molecule has 0 fully saturated rings. The Morgan fingerprint density at radius 2 is 2.45 bits per heavy atom. The van der Waals surface area contributed by atoms with Gasteiger partial charge in [-0.1, -0.05) is 30.6 Å². The zero-order chi connectivity index (χ0) is 8.53. The van der Waals surface area contributed by atoms with Crippen LogP contribution in [0.15, 0.2) is 17.3 Å². The maximum Gasteiger partial charge on any atom is 0.0786 e. The molecule has 62 valence electrons. The zero-order valence-corrected chi connectivity index (χ0v) is 6.64. The van der Waals surface area contributed by atoms with Crippen LogP contribution in [0, 0.1) is 0 Å². The summed E-state index contributed by atoms with van der Waals surface area (Å²) in [5, 5.41) is 12.0. The van der Waals surface area contributed by atoms with Crippen molar-refractivity contribution in [3.05, 3.63) is 22.6 Å². The Morgan fingerprint density at radius 3 is 2.91 bits per heavy atom. The van der Waals surface area contributed by atoms with Crippen LogP contribution < -0.4 is 0 Å². The van der Waals surface area contributed by atoms with E-state index in [9.17, 15) is 0 Å². The van der Waals surface area contributed by atoms with Crippen molar-refractivity contribution >= 4 is 0 Å². The predicted molar refractivity (Wildman–Crippen MR) is 44.1 cm³/mol. The molecule has 0 bridgehead atoms. The quantitative estimate of drug-likeness (QED) is 0.280. The van der Waals surface area contributed by atoms with Crippen molar-refractivity contribution in [2.45, 2.75) is 25.8 Å². The lowest BCUT2D eigenvalue weighted by atomic mass is 10.2. The van der Waals surface area contributed by atoms with Gasteiger partial charge in [0.25, 0.3) is 0 Å². The SMILES string of the molecule is CCC/C=C/C(CO)N=[N+]=[N-]. The van der Waals surface area contributed by atoms with E-state index < -0.39 is 6.04 Å². The van der Waals surface area contributed by atoms with Gasteiger partial charge in [-0.3, -0.25) is 0 Å². The average Bonchev–Trinajstić information content (AvgIpc) is 2.03. The molecule has 1 unspecified atom stereocenters. The first-order valence-electron chi connectivity index (χ1n) is 3.66. The second kappa shape index (κ2) is 7.12. The first-order chi connectivity index (χ1) is 5.35. The Morgan fingerprint density at radius 1 is 1.73 bits per heavy atom. The molecule has 0 saturated heterocycles. The van der Waals surface area contributed by atoms with Crippen LogP contribution in [0.3, 0.4) is 0 Å². The fraction of sp³-hybridized carbons (Fsp3) is 0.714. The topological polar surface area (TPSA) is 69.0 Å². The number of aliphatic hydroxyl groups is 1. The first-order valence-corrected chi connectivity index (χ1v) is 3.66. The number of unbranched alkanes of at least 4 members (excludes halogenated alkanes) is 1. The number of nitrogens with zero attached hydrogens (tertiary/aromatic N) is 3. The first kappa shape index (κ1) is 10.0. The van der Waals surface area contributed by atoms with E-state index in [1.54, 1.807) is 6.08 Å². The molecule has 0 amide bonds. The van der Waals surface area contributed by atoms with E-state index in [-0.39, 0.29) is 6.61 Å². The molecule has 0 aromatic heterocycles. The summed E-state index contributed by atoms with van der Waals surface area (Å²) in [5.74, 6) is 0. The zero-order valence-electron chi connectivity index (χ0n) is 6.64. The lowest BCUT2D eigenvalue weighted by molar-refractivity contribution is 0.283. The predicted octanol–water partition coefficient (Wildman–Crippen LogP) is 2.01. The summed E-state index contributed by atoms with van der Waals surface area (Å²) < 4.78 is 0. The van der Waals surface area contributed by atoms with Crippen molar-refractivity contribution in [1.29, 1.82) is 0 Å². The Kier molecular flexibility index (Phi) is 6.48. The normalized spacial score (nSPS) is 12.9. The standard InChI is InChI=1S/C7H13N3O/c1-2-3-4-5-7(6-11)9-10-8/h4-5,7,11H,2-3,6H2,1H3/b5-4+. The Balaban J connectivity index is 3.76. The van der Waals surface area contributed by atoms with Crippen molar-refractivity contribution < 1.29 is 5.11 Å². The Bertz CT molecular complexity index is 161. The monoisotopic (exact) mass is 155 g/mol. The van der Waals surface area contributed by atoms with Crippen molar-refractivity contribution in [2.75, 3.05) is 6.61 Å². The van der Waals surface area contributed by atoms with Crippen LogP contribution in [0.4, 0.5) is 0 Å². The van der Waals surface area contributed by atoms with Crippen LogP contribution in [0.1, 0.15) is 19.8 Å². The molecule has 0 saturated carbocycles. The van der Waals surface area contributed by atoms with Gasteiger partial charge in [0.15, 0.2) is 0 Å². The molecule has 0 aliphatic rings. The lowest BCUT2D eigenvalue weighted by Crippen LogP contribution is -2.04. The second-order valence-corrected chi connectivity index (χ2v) is 2.17. The molecule has 0 spiro atoms. The summed E-state index contributed by atoms with van der Waals surface area (Å²) in [6, 6.07) is -0.397. The largest absolute Gasteiger partial charge is 0.396 e. The maximum atomic E-state index is 8.64. The molecule has 0 aliphatic heterocycles. The Hall–Kier alpha value is -0.990. The van der Waals surface area contributed by atoms with Gasteiger partial charge in [0.1, 0.15) is 0 Å². The van der Waals surface area contributed by atoms with Gasteiger partial charge in [-0.2, -0.15) is 0 Å². The van der Waals surface area contributed by atoms with Crippen LogP contribution in [0.25, 0.3) is 10.4 Å². The molecule has 4 nitrogen and oxygen atoms in total. The molecule has 0 rings (SSSR count). The van der Waals surface area contributed by atoms with E-state index in [4.69, 9.17) is 10.6 Å². The third-order valence-electron chi connectivity index (χ3n) is 1.20. The van der Waals surface area contributed by atoms with Gasteiger partial charge in [0.2, 0.25) is 0 Å². The summed E-state index contributed by atoms with van der Waals surface area (Å²) in [5.41, 5.74) is 8.04. The third kappa shape index (κ3) is 5.45. The summed E-state index contributed by atoms with van der Waals surface area (Å²) in [7, 11) is 0. The summed E-state index contributed by atoms with van der Waals surface area (Å²) in [6.07, 6.45) is 5.65. The molecule has 1 atom stereocenters. The summed E-state index contributed by atoms with van der Waals surface area (Å²) in [4.78, 5) is 2.60. The van der Waals surface area contributed by atoms with Gasteiger partial charge in [-0.05, 0) is 12.0 Å². The minimum absolute atomic E-state index is 0.121. The lowest BCUT2D eigenvalue weighted by Gasteiger charge is -1.97. The summed E-state index contributed by atoms with van der Waals surface area (Å²) >= 11 is 0. The molecule has 0 radical (unpaired) electrons. The fourth-order valence-corrected chi connectivity index (χ4v) is 0.622. The van der Waals surface area contributed by atoms with Crippen molar-refractivity contribution in [1.82, 2.24) is 0 Å². The number of rotatable bonds is 5. The highest BCUT2D eigenvalue weighted by Crippen LogP contribution is 1.96. The van der Waals surface area contributed by atoms with Gasteiger partial charge < -0.3 is 5.11 Å². The molecule has 4 heteroatoms. The molecule has 0 aromatic carbocycles. The van der Waals surface area contributed by atoms with Crippen LogP contribution in [0.2, 0.25) is 0 Å². The molecule has 11 heavy (non-hydrogen) atoms. The van der Waals surface area contributed by atoms with Crippen molar-refractivity contribution in [2.24, 2.45) is 5.11 Å². The van der Waals surface area contributed by atoms with Gasteiger partial charge in [-0.25, -0.2) is 0 Å². The van der Waals surface area contributed by atoms with Crippen LogP contribution >= 0.6 is 0 Å². The molecular formula is C7H13N3O. The highest BCUT2D eigenvalue weighted by Gasteiger charge is 1.95. The highest BCUT2D eigenvalue weighted by atomic mass is 16.3. The number of azide groups is 1.